The third-order valence-electron chi connectivity index (χ3n) is 4.07. The van der Waals surface area contributed by atoms with Crippen molar-refractivity contribution >= 4 is 23.1 Å². The number of nitro benzene ring substituents is 2. The van der Waals surface area contributed by atoms with Crippen LogP contribution >= 0.6 is 11.8 Å². The Hall–Kier alpha value is -3.01. The van der Waals surface area contributed by atoms with Crippen molar-refractivity contribution in [2.24, 2.45) is 5.92 Å². The van der Waals surface area contributed by atoms with Gasteiger partial charge in [-0.1, -0.05) is 33.0 Å². The first-order chi connectivity index (χ1) is 13.7. The fourth-order valence-electron chi connectivity index (χ4n) is 2.85. The molecule has 164 valence electrons. The van der Waals surface area contributed by atoms with Gasteiger partial charge in [0.05, 0.1) is 42.1 Å². The molecule has 0 saturated carbocycles. The molecule has 10 heteroatoms. The molecule has 0 saturated heterocycles. The van der Waals surface area contributed by atoms with E-state index in [1.807, 2.05) is 13.8 Å². The molecule has 0 bridgehead atoms. The van der Waals surface area contributed by atoms with Crippen molar-refractivity contribution in [3.8, 4) is 17.2 Å². The average molecular weight is 439 g/mol. The van der Waals surface area contributed by atoms with Crippen LogP contribution in [-0.4, -0.2) is 31.2 Å². The van der Waals surface area contributed by atoms with Crippen molar-refractivity contribution in [2.45, 2.75) is 37.5 Å². The predicted molar refractivity (Wildman–Crippen MR) is 115 cm³/mol. The van der Waals surface area contributed by atoms with Crippen LogP contribution in [0.1, 0.15) is 26.8 Å². The van der Waals surface area contributed by atoms with E-state index >= 15 is 0 Å². The zero-order valence-corrected chi connectivity index (χ0v) is 17.6. The molecule has 0 fully saturated rings. The van der Waals surface area contributed by atoms with Gasteiger partial charge in [-0.05, 0) is 24.5 Å². The zero-order chi connectivity index (χ0) is 21.7. The van der Waals surface area contributed by atoms with Gasteiger partial charge in [-0.15, -0.1) is 0 Å². The molecule has 0 unspecified atom stereocenters. The Bertz CT molecular complexity index is 932. The lowest BCUT2D eigenvalue weighted by Crippen LogP contribution is -2.04. The van der Waals surface area contributed by atoms with Gasteiger partial charge in [-0.25, -0.2) is 0 Å². The second-order valence-electron chi connectivity index (χ2n) is 6.49. The van der Waals surface area contributed by atoms with Crippen LogP contribution in [0.5, 0.6) is 17.2 Å². The largest absolute Gasteiger partial charge is 0.493 e. The summed E-state index contributed by atoms with van der Waals surface area (Å²) in [5, 5.41) is 22.5. The molecular weight excluding hydrogens is 412 g/mol. The molecule has 0 spiro atoms. The molecule has 0 aliphatic heterocycles. The van der Waals surface area contributed by atoms with E-state index in [4.69, 9.17) is 14.2 Å². The molecular formula is C20H26N2O7S. The van der Waals surface area contributed by atoms with Gasteiger partial charge in [0.15, 0.2) is 11.5 Å². The average Bonchev–Trinajstić information content (AvgIpc) is 2.67. The van der Waals surface area contributed by atoms with E-state index in [0.29, 0.717) is 28.6 Å². The topological polar surface area (TPSA) is 114 Å². The molecule has 0 aliphatic carbocycles. The number of nitro groups is 2. The lowest BCUT2D eigenvalue weighted by molar-refractivity contribution is -0.396. The Morgan fingerprint density at radius 3 is 2.03 bits per heavy atom. The molecule has 2 aromatic carbocycles. The summed E-state index contributed by atoms with van der Waals surface area (Å²) in [5.41, 5.74) is 0.139. The maximum Gasteiger partial charge on any atom is 0.290 e. The summed E-state index contributed by atoms with van der Waals surface area (Å²) >= 11 is 1.13. The number of nitrogens with zero attached hydrogens (tertiary/aromatic N) is 2. The smallest absolute Gasteiger partial charge is 0.290 e. The minimum Gasteiger partial charge on any atom is -0.493 e. The lowest BCUT2D eigenvalue weighted by atomic mass is 10.0. The molecule has 0 aliphatic rings. The Morgan fingerprint density at radius 2 is 1.57 bits per heavy atom. The van der Waals surface area contributed by atoms with E-state index in [1.165, 1.54) is 33.5 Å². The fraction of sp³-hybridized carbons (Fsp3) is 0.400. The summed E-state index contributed by atoms with van der Waals surface area (Å²) in [4.78, 5) is 22.2. The minimum absolute atomic E-state index is 0. The van der Waals surface area contributed by atoms with Crippen molar-refractivity contribution < 1.29 is 24.1 Å². The number of hydrogen-bond acceptors (Lipinski definition) is 8. The number of rotatable bonds is 9. The summed E-state index contributed by atoms with van der Waals surface area (Å²) < 4.78 is 16.4. The third kappa shape index (κ3) is 5.32. The van der Waals surface area contributed by atoms with Gasteiger partial charge < -0.3 is 14.2 Å². The van der Waals surface area contributed by atoms with Crippen LogP contribution in [0.2, 0.25) is 0 Å². The fourth-order valence-corrected chi connectivity index (χ4v) is 3.93. The molecule has 9 nitrogen and oxygen atoms in total. The summed E-state index contributed by atoms with van der Waals surface area (Å²) in [6, 6.07) is 5.32. The summed E-state index contributed by atoms with van der Waals surface area (Å²) in [7, 11) is 4.51. The molecule has 30 heavy (non-hydrogen) atoms. The number of non-ortho nitro benzene ring substituents is 1. The second kappa shape index (κ2) is 10.7. The Kier molecular flexibility index (Phi) is 8.91. The molecule has 0 N–H and O–H groups in total. The Labute approximate surface area is 179 Å². The van der Waals surface area contributed by atoms with Crippen molar-refractivity contribution in [3.05, 3.63) is 50.1 Å². The summed E-state index contributed by atoms with van der Waals surface area (Å²) in [6.45, 7) is 4.08. The maximum atomic E-state index is 11.5. The Morgan fingerprint density at radius 1 is 0.933 bits per heavy atom. The first-order valence-electron chi connectivity index (χ1n) is 8.65. The quantitative estimate of drug-likeness (QED) is 0.372. The molecule has 2 rings (SSSR count). The van der Waals surface area contributed by atoms with E-state index < -0.39 is 9.85 Å². The molecule has 0 heterocycles. The number of ether oxygens (including phenoxy) is 3. The second-order valence-corrected chi connectivity index (χ2v) is 7.57. The molecule has 0 atom stereocenters. The van der Waals surface area contributed by atoms with Crippen LogP contribution in [0.25, 0.3) is 0 Å². The van der Waals surface area contributed by atoms with Gasteiger partial charge in [0.1, 0.15) is 0 Å². The van der Waals surface area contributed by atoms with Crippen molar-refractivity contribution in [3.63, 3.8) is 0 Å². The first-order valence-corrected chi connectivity index (χ1v) is 9.47. The standard InChI is InChI=1S/C19H22N2O7S.CH4/c1-11(2)8-13-17(10-15(26-3)19(28-5)18(13)27-4)29-16-7-6-12(20(22)23)9-14(16)21(24)25;/h6-7,9-11H,8H2,1-5H3;1H4. The number of methoxy groups -OCH3 is 3. The van der Waals surface area contributed by atoms with Crippen LogP contribution in [0.15, 0.2) is 34.1 Å². The summed E-state index contributed by atoms with van der Waals surface area (Å²) in [6.07, 6.45) is 0.632. The van der Waals surface area contributed by atoms with E-state index in [9.17, 15) is 20.2 Å². The Balaban J connectivity index is 0.00000450. The minimum atomic E-state index is -0.662. The SMILES string of the molecule is C.COc1cc(Sc2ccc([N+](=O)[O-])cc2[N+](=O)[O-])c(CC(C)C)c(OC)c1OC. The zero-order valence-electron chi connectivity index (χ0n) is 16.8. The molecule has 0 aromatic heterocycles. The summed E-state index contributed by atoms with van der Waals surface area (Å²) in [5.74, 6) is 1.62. The first kappa shape index (κ1) is 25.0. The van der Waals surface area contributed by atoms with Crippen LogP contribution in [0.3, 0.4) is 0 Å². The monoisotopic (exact) mass is 438 g/mol. The highest BCUT2D eigenvalue weighted by Crippen LogP contribution is 2.48. The van der Waals surface area contributed by atoms with Gasteiger partial charge in [0.2, 0.25) is 5.75 Å². The highest BCUT2D eigenvalue weighted by Gasteiger charge is 2.25. The van der Waals surface area contributed by atoms with Crippen molar-refractivity contribution in [1.29, 1.82) is 0 Å². The molecule has 0 amide bonds. The van der Waals surface area contributed by atoms with E-state index in [1.54, 1.807) is 6.07 Å². The highest BCUT2D eigenvalue weighted by atomic mass is 32.2. The molecule has 2 aromatic rings. The lowest BCUT2D eigenvalue weighted by Gasteiger charge is -2.20. The van der Waals surface area contributed by atoms with E-state index in [-0.39, 0.29) is 29.6 Å². The van der Waals surface area contributed by atoms with Gasteiger partial charge in [0.25, 0.3) is 11.4 Å². The maximum absolute atomic E-state index is 11.5. The van der Waals surface area contributed by atoms with Crippen LogP contribution in [0, 0.1) is 26.1 Å². The van der Waals surface area contributed by atoms with Gasteiger partial charge in [0, 0.05) is 16.5 Å². The van der Waals surface area contributed by atoms with Crippen LogP contribution < -0.4 is 14.2 Å². The van der Waals surface area contributed by atoms with Gasteiger partial charge in [-0.3, -0.25) is 20.2 Å². The number of benzene rings is 2. The van der Waals surface area contributed by atoms with Crippen LogP contribution in [-0.2, 0) is 6.42 Å². The normalized spacial score (nSPS) is 10.3. The van der Waals surface area contributed by atoms with E-state index in [0.717, 1.165) is 23.4 Å². The number of hydrogen-bond donors (Lipinski definition) is 0. The third-order valence-corrected chi connectivity index (χ3v) is 5.22. The highest BCUT2D eigenvalue weighted by molar-refractivity contribution is 7.99. The van der Waals surface area contributed by atoms with Crippen LogP contribution in [0.4, 0.5) is 11.4 Å². The predicted octanol–water partition coefficient (Wildman–Crippen LogP) is 5.51. The van der Waals surface area contributed by atoms with Crippen molar-refractivity contribution in [2.75, 3.05) is 21.3 Å². The van der Waals surface area contributed by atoms with E-state index in [2.05, 4.69) is 0 Å². The van der Waals surface area contributed by atoms with Gasteiger partial charge >= 0.3 is 0 Å². The van der Waals surface area contributed by atoms with Crippen molar-refractivity contribution in [1.82, 2.24) is 0 Å². The molecule has 0 radical (unpaired) electrons. The van der Waals surface area contributed by atoms with Gasteiger partial charge in [-0.2, -0.15) is 0 Å².